The molecule has 3 rings (SSSR count). The Kier molecular flexibility index (Phi) is 2.63. The van der Waals surface area contributed by atoms with E-state index in [0.29, 0.717) is 5.69 Å². The molecule has 0 saturated heterocycles. The van der Waals surface area contributed by atoms with E-state index in [0.717, 1.165) is 41.8 Å². The second-order valence-electron chi connectivity index (χ2n) is 4.71. The van der Waals surface area contributed by atoms with Crippen LogP contribution in [-0.2, 0) is 12.8 Å². The molecule has 0 atom stereocenters. The zero-order valence-electron chi connectivity index (χ0n) is 10.3. The van der Waals surface area contributed by atoms with Crippen LogP contribution in [0.15, 0.2) is 24.3 Å². The number of nitrogens with zero attached hydrogens (tertiary/aromatic N) is 1. The molecule has 4 heteroatoms. The van der Waals surface area contributed by atoms with Crippen LogP contribution in [0.1, 0.15) is 33.7 Å². The number of benzene rings is 1. The van der Waals surface area contributed by atoms with E-state index < -0.39 is 0 Å². The van der Waals surface area contributed by atoms with Crippen molar-refractivity contribution in [2.24, 2.45) is 0 Å². The van der Waals surface area contributed by atoms with Gasteiger partial charge in [-0.2, -0.15) is 5.10 Å². The predicted molar refractivity (Wildman–Crippen MR) is 69.7 cm³/mol. The highest BCUT2D eigenvalue weighted by Gasteiger charge is 2.22. The van der Waals surface area contributed by atoms with Gasteiger partial charge in [-0.05, 0) is 43.9 Å². The molecule has 1 aliphatic carbocycles. The summed E-state index contributed by atoms with van der Waals surface area (Å²) in [6, 6.07) is 7.77. The molecule has 2 N–H and O–H groups in total. The van der Waals surface area contributed by atoms with Crippen LogP contribution < -0.4 is 5.32 Å². The van der Waals surface area contributed by atoms with Crippen molar-refractivity contribution in [3.63, 3.8) is 0 Å². The lowest BCUT2D eigenvalue weighted by Gasteiger charge is -2.04. The molecule has 0 unspecified atom stereocenters. The topological polar surface area (TPSA) is 57.8 Å². The molecular formula is C14H15N3O. The van der Waals surface area contributed by atoms with Crippen LogP contribution >= 0.6 is 0 Å². The number of rotatable bonds is 2. The molecule has 92 valence electrons. The lowest BCUT2D eigenvalue weighted by atomic mass is 10.2. The van der Waals surface area contributed by atoms with Gasteiger partial charge in [-0.15, -0.1) is 0 Å². The standard InChI is InChI=1S/C14H15N3O/c1-9-4-2-5-10(8-9)15-14(18)13-11-6-3-7-12(11)16-17-13/h2,4-5,8H,3,6-7H2,1H3,(H,15,18)(H,16,17). The Morgan fingerprint density at radius 1 is 1.39 bits per heavy atom. The van der Waals surface area contributed by atoms with Crippen molar-refractivity contribution in [3.05, 3.63) is 46.8 Å². The number of amides is 1. The highest BCUT2D eigenvalue weighted by molar-refractivity contribution is 6.04. The Labute approximate surface area is 105 Å². The first-order valence-electron chi connectivity index (χ1n) is 6.18. The summed E-state index contributed by atoms with van der Waals surface area (Å²) in [5.74, 6) is -0.125. The summed E-state index contributed by atoms with van der Waals surface area (Å²) in [6.45, 7) is 2.00. The third-order valence-electron chi connectivity index (χ3n) is 3.30. The predicted octanol–water partition coefficient (Wildman–Crippen LogP) is 2.46. The van der Waals surface area contributed by atoms with Gasteiger partial charge in [0.15, 0.2) is 5.69 Å². The number of carbonyl (C=O) groups excluding carboxylic acids is 1. The van der Waals surface area contributed by atoms with Crippen molar-refractivity contribution in [1.82, 2.24) is 10.2 Å². The number of hydrogen-bond acceptors (Lipinski definition) is 2. The lowest BCUT2D eigenvalue weighted by molar-refractivity contribution is 0.102. The molecule has 0 saturated carbocycles. The summed E-state index contributed by atoms with van der Waals surface area (Å²) in [5.41, 5.74) is 4.68. The van der Waals surface area contributed by atoms with Gasteiger partial charge in [-0.3, -0.25) is 9.89 Å². The maximum absolute atomic E-state index is 12.2. The van der Waals surface area contributed by atoms with Gasteiger partial charge in [0, 0.05) is 16.9 Å². The summed E-state index contributed by atoms with van der Waals surface area (Å²) in [6.07, 6.45) is 3.05. The Hall–Kier alpha value is -2.10. The van der Waals surface area contributed by atoms with Crippen LogP contribution in [-0.4, -0.2) is 16.1 Å². The minimum atomic E-state index is -0.125. The van der Waals surface area contributed by atoms with E-state index in [1.54, 1.807) is 0 Å². The Morgan fingerprint density at radius 3 is 3.11 bits per heavy atom. The first kappa shape index (κ1) is 11.0. The van der Waals surface area contributed by atoms with E-state index in [1.165, 1.54) is 0 Å². The summed E-state index contributed by atoms with van der Waals surface area (Å²) >= 11 is 0. The molecule has 0 radical (unpaired) electrons. The number of aromatic nitrogens is 2. The Balaban J connectivity index is 1.83. The van der Waals surface area contributed by atoms with Crippen molar-refractivity contribution in [3.8, 4) is 0 Å². The van der Waals surface area contributed by atoms with Gasteiger partial charge in [0.25, 0.3) is 5.91 Å². The molecule has 1 heterocycles. The number of hydrogen-bond donors (Lipinski definition) is 2. The molecule has 2 aromatic rings. The van der Waals surface area contributed by atoms with Crippen molar-refractivity contribution < 1.29 is 4.79 Å². The average molecular weight is 241 g/mol. The lowest BCUT2D eigenvalue weighted by Crippen LogP contribution is -2.14. The third-order valence-corrected chi connectivity index (χ3v) is 3.30. The van der Waals surface area contributed by atoms with E-state index in [9.17, 15) is 4.79 Å². The number of aryl methyl sites for hydroxylation is 2. The number of anilines is 1. The maximum atomic E-state index is 12.2. The monoisotopic (exact) mass is 241 g/mol. The highest BCUT2D eigenvalue weighted by atomic mass is 16.1. The molecule has 0 fully saturated rings. The summed E-state index contributed by atoms with van der Waals surface area (Å²) in [4.78, 5) is 12.2. The van der Waals surface area contributed by atoms with E-state index in [-0.39, 0.29) is 5.91 Å². The van der Waals surface area contributed by atoms with Crippen LogP contribution in [0.5, 0.6) is 0 Å². The number of nitrogens with one attached hydrogen (secondary N) is 2. The van der Waals surface area contributed by atoms with E-state index in [2.05, 4.69) is 15.5 Å². The molecular weight excluding hydrogens is 226 g/mol. The molecule has 18 heavy (non-hydrogen) atoms. The second kappa shape index (κ2) is 4.29. The fourth-order valence-corrected chi connectivity index (χ4v) is 2.42. The second-order valence-corrected chi connectivity index (χ2v) is 4.71. The quantitative estimate of drug-likeness (QED) is 0.848. The zero-order chi connectivity index (χ0) is 12.5. The first-order valence-corrected chi connectivity index (χ1v) is 6.18. The van der Waals surface area contributed by atoms with E-state index >= 15 is 0 Å². The van der Waals surface area contributed by atoms with Crippen molar-refractivity contribution in [2.45, 2.75) is 26.2 Å². The minimum absolute atomic E-state index is 0.125. The van der Waals surface area contributed by atoms with Crippen LogP contribution in [0.3, 0.4) is 0 Å². The Bertz CT molecular complexity index is 601. The number of H-pyrrole nitrogens is 1. The Morgan fingerprint density at radius 2 is 2.28 bits per heavy atom. The van der Waals surface area contributed by atoms with Crippen LogP contribution in [0.25, 0.3) is 0 Å². The highest BCUT2D eigenvalue weighted by Crippen LogP contribution is 2.23. The smallest absolute Gasteiger partial charge is 0.276 e. The van der Waals surface area contributed by atoms with Gasteiger partial charge in [0.2, 0.25) is 0 Å². The molecule has 0 spiro atoms. The third kappa shape index (κ3) is 1.90. The fourth-order valence-electron chi connectivity index (χ4n) is 2.42. The van der Waals surface area contributed by atoms with Gasteiger partial charge in [-0.25, -0.2) is 0 Å². The SMILES string of the molecule is Cc1cccc(NC(=O)c2n[nH]c3c2CCC3)c1. The van der Waals surface area contributed by atoms with Gasteiger partial charge in [-0.1, -0.05) is 12.1 Å². The minimum Gasteiger partial charge on any atom is -0.321 e. The molecule has 0 aliphatic heterocycles. The number of carbonyl (C=O) groups is 1. The maximum Gasteiger partial charge on any atom is 0.276 e. The molecule has 1 amide bonds. The molecule has 1 aromatic carbocycles. The zero-order valence-corrected chi connectivity index (χ0v) is 10.3. The number of fused-ring (bicyclic) bond motifs is 1. The van der Waals surface area contributed by atoms with Gasteiger partial charge >= 0.3 is 0 Å². The number of aromatic amines is 1. The molecule has 0 bridgehead atoms. The largest absolute Gasteiger partial charge is 0.321 e. The molecule has 1 aromatic heterocycles. The molecule has 4 nitrogen and oxygen atoms in total. The van der Waals surface area contributed by atoms with E-state index in [4.69, 9.17) is 0 Å². The van der Waals surface area contributed by atoms with Gasteiger partial charge in [0.05, 0.1) is 0 Å². The van der Waals surface area contributed by atoms with Gasteiger partial charge in [0.1, 0.15) is 0 Å². The van der Waals surface area contributed by atoms with Crippen molar-refractivity contribution in [1.29, 1.82) is 0 Å². The fraction of sp³-hybridized carbons (Fsp3) is 0.286. The van der Waals surface area contributed by atoms with Gasteiger partial charge < -0.3 is 5.32 Å². The van der Waals surface area contributed by atoms with Crippen molar-refractivity contribution in [2.75, 3.05) is 5.32 Å². The summed E-state index contributed by atoms with van der Waals surface area (Å²) in [5, 5.41) is 9.97. The molecule has 1 aliphatic rings. The van der Waals surface area contributed by atoms with Crippen molar-refractivity contribution >= 4 is 11.6 Å². The van der Waals surface area contributed by atoms with Crippen LogP contribution in [0.4, 0.5) is 5.69 Å². The van der Waals surface area contributed by atoms with Crippen LogP contribution in [0.2, 0.25) is 0 Å². The first-order chi connectivity index (χ1) is 8.74. The van der Waals surface area contributed by atoms with Crippen LogP contribution in [0, 0.1) is 6.92 Å². The normalized spacial score (nSPS) is 13.4. The average Bonchev–Trinajstić information content (AvgIpc) is 2.89. The summed E-state index contributed by atoms with van der Waals surface area (Å²) in [7, 11) is 0. The van der Waals surface area contributed by atoms with E-state index in [1.807, 2.05) is 31.2 Å². The summed E-state index contributed by atoms with van der Waals surface area (Å²) < 4.78 is 0.